The molecule has 0 spiro atoms. The number of carbonyl (C=O) groups excluding carboxylic acids is 2. The highest BCUT2D eigenvalue weighted by atomic mass is 16.5. The lowest BCUT2D eigenvalue weighted by Crippen LogP contribution is -2.40. The van der Waals surface area contributed by atoms with Crippen molar-refractivity contribution < 1.29 is 14.3 Å². The molecule has 1 aliphatic heterocycles. The van der Waals surface area contributed by atoms with Crippen molar-refractivity contribution in [3.8, 4) is 11.3 Å². The molecule has 4 aromatic rings. The number of nitrogens with zero attached hydrogens (tertiary/aromatic N) is 2. The van der Waals surface area contributed by atoms with Crippen LogP contribution in [-0.4, -0.2) is 59.2 Å². The molecule has 33 heavy (non-hydrogen) atoms. The van der Waals surface area contributed by atoms with Crippen LogP contribution in [0.5, 0.6) is 0 Å². The molecule has 1 aliphatic rings. The van der Waals surface area contributed by atoms with Crippen LogP contribution in [-0.2, 0) is 4.74 Å². The van der Waals surface area contributed by atoms with Crippen LogP contribution in [0.4, 0.5) is 5.69 Å². The van der Waals surface area contributed by atoms with Crippen LogP contribution in [0.15, 0.2) is 42.5 Å². The molecule has 0 unspecified atom stereocenters. The zero-order valence-electron chi connectivity index (χ0n) is 17.7. The van der Waals surface area contributed by atoms with E-state index in [1.165, 1.54) is 6.21 Å². The Balaban J connectivity index is 1.65. The van der Waals surface area contributed by atoms with Gasteiger partial charge in [0, 0.05) is 52.6 Å². The molecule has 0 aliphatic carbocycles. The number of aromatic nitrogens is 2. The number of carbonyl (C=O) groups is 2. The summed E-state index contributed by atoms with van der Waals surface area (Å²) in [6.45, 7) is 2.17. The van der Waals surface area contributed by atoms with Gasteiger partial charge in [-0.3, -0.25) is 9.59 Å². The number of benzene rings is 2. The summed E-state index contributed by atoms with van der Waals surface area (Å²) < 4.78 is 5.33. The van der Waals surface area contributed by atoms with E-state index in [0.717, 1.165) is 5.39 Å². The number of ether oxygens (including phenoxy) is 1. The molecule has 6 N–H and O–H groups in total. The van der Waals surface area contributed by atoms with Crippen LogP contribution >= 0.6 is 0 Å². The van der Waals surface area contributed by atoms with Gasteiger partial charge in [-0.15, -0.1) is 0 Å². The van der Waals surface area contributed by atoms with Crippen molar-refractivity contribution in [2.75, 3.05) is 32.0 Å². The molecule has 166 valence electrons. The van der Waals surface area contributed by atoms with Crippen LogP contribution in [0.1, 0.15) is 26.3 Å². The average molecular weight is 442 g/mol. The van der Waals surface area contributed by atoms with Gasteiger partial charge in [0.1, 0.15) is 0 Å². The van der Waals surface area contributed by atoms with Gasteiger partial charge < -0.3 is 31.5 Å². The summed E-state index contributed by atoms with van der Waals surface area (Å²) >= 11 is 0. The number of nitrogens with two attached hydrogens (primary N) is 2. The van der Waals surface area contributed by atoms with E-state index in [9.17, 15) is 9.59 Å². The first-order valence-corrected chi connectivity index (χ1v) is 10.5. The maximum Gasteiger partial charge on any atom is 0.254 e. The molecule has 3 heterocycles. The summed E-state index contributed by atoms with van der Waals surface area (Å²) in [4.78, 5) is 34.9. The molecular formula is C24H22N6O3. The van der Waals surface area contributed by atoms with Gasteiger partial charge in [-0.25, -0.2) is 4.98 Å². The van der Waals surface area contributed by atoms with E-state index < -0.39 is 5.91 Å². The molecule has 2 aromatic carbocycles. The Morgan fingerprint density at radius 1 is 1.12 bits per heavy atom. The highest BCUT2D eigenvalue weighted by molar-refractivity contribution is 6.14. The first-order chi connectivity index (χ1) is 16.0. The van der Waals surface area contributed by atoms with E-state index in [4.69, 9.17) is 26.6 Å². The molecular weight excluding hydrogens is 420 g/mol. The number of amides is 2. The van der Waals surface area contributed by atoms with Crippen molar-refractivity contribution in [1.29, 1.82) is 5.41 Å². The number of fused-ring (bicyclic) bond motifs is 3. The Bertz CT molecular complexity index is 1440. The van der Waals surface area contributed by atoms with Crippen molar-refractivity contribution in [3.63, 3.8) is 0 Å². The molecule has 9 nitrogen and oxygen atoms in total. The third-order valence-electron chi connectivity index (χ3n) is 5.90. The second kappa shape index (κ2) is 8.03. The lowest BCUT2D eigenvalue weighted by atomic mass is 10.0. The van der Waals surface area contributed by atoms with E-state index in [-0.39, 0.29) is 5.91 Å². The Labute approximate surface area is 188 Å². The average Bonchev–Trinajstić information content (AvgIpc) is 3.21. The molecule has 0 radical (unpaired) electrons. The van der Waals surface area contributed by atoms with Gasteiger partial charge in [-0.2, -0.15) is 0 Å². The number of anilines is 1. The lowest BCUT2D eigenvalue weighted by molar-refractivity contribution is 0.0303. The second-order valence-electron chi connectivity index (χ2n) is 7.92. The molecule has 1 saturated heterocycles. The van der Waals surface area contributed by atoms with E-state index >= 15 is 0 Å². The Morgan fingerprint density at radius 3 is 2.64 bits per heavy atom. The van der Waals surface area contributed by atoms with Crippen LogP contribution in [0.3, 0.4) is 0 Å². The molecule has 0 atom stereocenters. The third kappa shape index (κ3) is 3.58. The maximum atomic E-state index is 12.9. The predicted octanol–water partition coefficient (Wildman–Crippen LogP) is 2.53. The van der Waals surface area contributed by atoms with Gasteiger partial charge in [0.25, 0.3) is 11.8 Å². The number of pyridine rings is 1. The van der Waals surface area contributed by atoms with Crippen molar-refractivity contribution in [1.82, 2.24) is 14.9 Å². The third-order valence-corrected chi connectivity index (χ3v) is 5.90. The van der Waals surface area contributed by atoms with Gasteiger partial charge in [0.05, 0.1) is 35.5 Å². The topological polar surface area (TPSA) is 151 Å². The zero-order valence-corrected chi connectivity index (χ0v) is 17.7. The first-order valence-electron chi connectivity index (χ1n) is 10.5. The Hall–Kier alpha value is -4.24. The summed E-state index contributed by atoms with van der Waals surface area (Å²) in [6, 6.07) is 12.2. The van der Waals surface area contributed by atoms with Crippen LogP contribution in [0.2, 0.25) is 0 Å². The Morgan fingerprint density at radius 2 is 1.91 bits per heavy atom. The van der Waals surface area contributed by atoms with Gasteiger partial charge in [0.15, 0.2) is 0 Å². The van der Waals surface area contributed by atoms with Crippen molar-refractivity contribution >= 4 is 45.7 Å². The zero-order chi connectivity index (χ0) is 23.1. The number of hydrogen-bond donors (Lipinski definition) is 4. The summed E-state index contributed by atoms with van der Waals surface area (Å²) in [5.74, 6) is -0.661. The number of hydrogen-bond acceptors (Lipinski definition) is 6. The van der Waals surface area contributed by atoms with Crippen LogP contribution in [0, 0.1) is 5.41 Å². The van der Waals surface area contributed by atoms with Crippen LogP contribution in [0.25, 0.3) is 33.2 Å². The fraction of sp³-hybridized carbons (Fsp3) is 0.167. The fourth-order valence-electron chi connectivity index (χ4n) is 4.14. The maximum absolute atomic E-state index is 12.9. The van der Waals surface area contributed by atoms with Crippen molar-refractivity contribution in [2.24, 2.45) is 5.73 Å². The second-order valence-corrected chi connectivity index (χ2v) is 7.92. The number of morpholine rings is 1. The minimum atomic E-state index is -0.595. The number of nitrogens with one attached hydrogen (secondary N) is 2. The summed E-state index contributed by atoms with van der Waals surface area (Å²) in [6.07, 6.45) is 1.17. The monoisotopic (exact) mass is 442 g/mol. The van der Waals surface area contributed by atoms with Crippen LogP contribution < -0.4 is 11.5 Å². The minimum Gasteiger partial charge on any atom is -0.398 e. The lowest BCUT2D eigenvalue weighted by Gasteiger charge is -2.26. The minimum absolute atomic E-state index is 0.0660. The summed E-state index contributed by atoms with van der Waals surface area (Å²) in [7, 11) is 0. The summed E-state index contributed by atoms with van der Waals surface area (Å²) in [5.41, 5.74) is 16.5. The largest absolute Gasteiger partial charge is 0.398 e. The van der Waals surface area contributed by atoms with E-state index in [1.54, 1.807) is 41.3 Å². The number of aromatic amines is 1. The van der Waals surface area contributed by atoms with Crippen molar-refractivity contribution in [3.05, 3.63) is 59.2 Å². The quantitative estimate of drug-likeness (QED) is 0.283. The number of H-pyrrole nitrogens is 1. The van der Waals surface area contributed by atoms with E-state index in [0.29, 0.717) is 76.5 Å². The van der Waals surface area contributed by atoms with Gasteiger partial charge in [0.2, 0.25) is 0 Å². The smallest absolute Gasteiger partial charge is 0.254 e. The van der Waals surface area contributed by atoms with E-state index in [1.807, 2.05) is 6.07 Å². The standard InChI is InChI=1S/C24H22N6O3/c25-12-15-9-13(2-4-18(15)26)19-11-17(23(27)31)22-21(28-19)16-3-1-14(10-20(16)29-22)24(32)30-5-7-33-8-6-30/h1-4,9-12,25,29H,5-8,26H2,(H2,27,31). The molecule has 1 fully saturated rings. The molecule has 5 rings (SSSR count). The van der Waals surface area contributed by atoms with Crippen molar-refractivity contribution in [2.45, 2.75) is 0 Å². The molecule has 2 amide bonds. The number of rotatable bonds is 4. The normalized spacial score (nSPS) is 14.0. The SMILES string of the molecule is N=Cc1cc(-c2cc(C(N)=O)c3[nH]c4cc(C(=O)N5CCOCC5)ccc4c3n2)ccc1N. The van der Waals surface area contributed by atoms with Gasteiger partial charge >= 0.3 is 0 Å². The highest BCUT2D eigenvalue weighted by Crippen LogP contribution is 2.31. The molecule has 2 aromatic heterocycles. The number of primary amides is 1. The van der Waals surface area contributed by atoms with E-state index in [2.05, 4.69) is 4.98 Å². The summed E-state index contributed by atoms with van der Waals surface area (Å²) in [5, 5.41) is 8.33. The first kappa shape index (κ1) is 20.7. The molecule has 0 bridgehead atoms. The molecule has 9 heteroatoms. The molecule has 0 saturated carbocycles. The highest BCUT2D eigenvalue weighted by Gasteiger charge is 2.21. The number of nitrogen functional groups attached to an aromatic ring is 1. The van der Waals surface area contributed by atoms with Gasteiger partial charge in [-0.1, -0.05) is 6.07 Å². The Kier molecular flexibility index (Phi) is 5.02. The fourth-order valence-corrected chi connectivity index (χ4v) is 4.14. The van der Waals surface area contributed by atoms with Gasteiger partial charge in [-0.05, 0) is 36.4 Å². The predicted molar refractivity (Wildman–Crippen MR) is 127 cm³/mol.